The molecular weight excluding hydrogens is 270 g/mol. The molecule has 0 aliphatic rings. The number of hydrogen-bond acceptors (Lipinski definition) is 5. The first kappa shape index (κ1) is 13.2. The molecule has 21 heavy (non-hydrogen) atoms. The van der Waals surface area contributed by atoms with Gasteiger partial charge in [-0.3, -0.25) is 0 Å². The molecular formula is C14H15N5O2. The summed E-state index contributed by atoms with van der Waals surface area (Å²) < 4.78 is 6.97. The minimum atomic E-state index is -0.299. The number of aromatic nitrogens is 4. The van der Waals surface area contributed by atoms with Crippen molar-refractivity contribution in [3.63, 3.8) is 0 Å². The highest BCUT2D eigenvalue weighted by molar-refractivity contribution is 5.48. The van der Waals surface area contributed by atoms with Gasteiger partial charge >= 0.3 is 5.69 Å². The number of aromatic amines is 1. The van der Waals surface area contributed by atoms with Crippen LogP contribution in [0, 0.1) is 6.92 Å². The van der Waals surface area contributed by atoms with E-state index in [4.69, 9.17) is 4.74 Å². The fourth-order valence-electron chi connectivity index (χ4n) is 1.96. The first-order chi connectivity index (χ1) is 10.2. The first-order valence-corrected chi connectivity index (χ1v) is 6.58. The summed E-state index contributed by atoms with van der Waals surface area (Å²) in [6.07, 6.45) is 1.44. The lowest BCUT2D eigenvalue weighted by Crippen LogP contribution is -2.14. The zero-order valence-electron chi connectivity index (χ0n) is 11.5. The Kier molecular flexibility index (Phi) is 3.55. The molecule has 0 aliphatic heterocycles. The summed E-state index contributed by atoms with van der Waals surface area (Å²) in [6.45, 7) is 3.14. The van der Waals surface area contributed by atoms with E-state index in [1.165, 1.54) is 10.7 Å². The van der Waals surface area contributed by atoms with Crippen molar-refractivity contribution in [2.24, 2.45) is 0 Å². The molecule has 0 saturated carbocycles. The molecule has 7 heteroatoms. The zero-order valence-corrected chi connectivity index (χ0v) is 11.5. The monoisotopic (exact) mass is 285 g/mol. The fraction of sp³-hybridized carbons (Fsp3) is 0.214. The SMILES string of the molecule is Cc1cccc(OCCNc2cc3n[nH]c(=O)n3cn2)c1. The molecule has 0 saturated heterocycles. The van der Waals surface area contributed by atoms with Crippen LogP contribution in [-0.2, 0) is 0 Å². The molecule has 7 nitrogen and oxygen atoms in total. The first-order valence-electron chi connectivity index (χ1n) is 6.58. The van der Waals surface area contributed by atoms with Gasteiger partial charge in [0.05, 0.1) is 6.54 Å². The maximum atomic E-state index is 11.3. The van der Waals surface area contributed by atoms with Crippen LogP contribution in [0.4, 0.5) is 5.82 Å². The van der Waals surface area contributed by atoms with Crippen molar-refractivity contribution >= 4 is 11.5 Å². The number of fused-ring (bicyclic) bond motifs is 1. The van der Waals surface area contributed by atoms with Gasteiger partial charge in [-0.05, 0) is 24.6 Å². The normalized spacial score (nSPS) is 10.7. The molecule has 108 valence electrons. The van der Waals surface area contributed by atoms with Gasteiger partial charge in [0.1, 0.15) is 24.5 Å². The number of nitrogens with one attached hydrogen (secondary N) is 2. The highest BCUT2D eigenvalue weighted by Crippen LogP contribution is 2.12. The molecule has 3 aromatic rings. The summed E-state index contributed by atoms with van der Waals surface area (Å²) in [5.41, 5.74) is 1.39. The Hall–Kier alpha value is -2.83. The van der Waals surface area contributed by atoms with Gasteiger partial charge in [0.2, 0.25) is 0 Å². The van der Waals surface area contributed by atoms with Crippen LogP contribution >= 0.6 is 0 Å². The second-order valence-electron chi connectivity index (χ2n) is 4.62. The van der Waals surface area contributed by atoms with E-state index in [-0.39, 0.29) is 5.69 Å². The van der Waals surface area contributed by atoms with Crippen molar-refractivity contribution in [3.05, 3.63) is 52.7 Å². The molecule has 2 N–H and O–H groups in total. The topological polar surface area (TPSA) is 84.3 Å². The van der Waals surface area contributed by atoms with Crippen molar-refractivity contribution < 1.29 is 4.74 Å². The lowest BCUT2D eigenvalue weighted by atomic mass is 10.2. The molecule has 0 atom stereocenters. The third-order valence-electron chi connectivity index (χ3n) is 2.98. The van der Waals surface area contributed by atoms with Gasteiger partial charge in [-0.2, -0.15) is 5.10 Å². The van der Waals surface area contributed by atoms with Crippen LogP contribution in [0.2, 0.25) is 0 Å². The summed E-state index contributed by atoms with van der Waals surface area (Å²) >= 11 is 0. The van der Waals surface area contributed by atoms with E-state index >= 15 is 0 Å². The van der Waals surface area contributed by atoms with Crippen LogP contribution < -0.4 is 15.7 Å². The van der Waals surface area contributed by atoms with Gasteiger partial charge < -0.3 is 10.1 Å². The Morgan fingerprint density at radius 1 is 1.38 bits per heavy atom. The number of benzene rings is 1. The third kappa shape index (κ3) is 3.02. The van der Waals surface area contributed by atoms with E-state index < -0.39 is 0 Å². The largest absolute Gasteiger partial charge is 0.492 e. The Bertz CT molecular complexity index is 808. The highest BCUT2D eigenvalue weighted by Gasteiger charge is 2.02. The number of anilines is 1. The lowest BCUT2D eigenvalue weighted by Gasteiger charge is -2.08. The van der Waals surface area contributed by atoms with Crippen molar-refractivity contribution in [1.82, 2.24) is 19.6 Å². The van der Waals surface area contributed by atoms with Crippen molar-refractivity contribution in [2.45, 2.75) is 6.92 Å². The second kappa shape index (κ2) is 5.66. The second-order valence-corrected chi connectivity index (χ2v) is 4.62. The van der Waals surface area contributed by atoms with Crippen LogP contribution in [0.25, 0.3) is 5.65 Å². The molecule has 0 aliphatic carbocycles. The van der Waals surface area contributed by atoms with E-state index in [0.29, 0.717) is 24.6 Å². The quantitative estimate of drug-likeness (QED) is 0.688. The smallest absolute Gasteiger partial charge is 0.348 e. The minimum Gasteiger partial charge on any atom is -0.492 e. The molecule has 0 radical (unpaired) electrons. The summed E-state index contributed by atoms with van der Waals surface area (Å²) in [4.78, 5) is 15.4. The van der Waals surface area contributed by atoms with Gasteiger partial charge in [-0.25, -0.2) is 19.3 Å². The Morgan fingerprint density at radius 2 is 2.29 bits per heavy atom. The van der Waals surface area contributed by atoms with Gasteiger partial charge in [0.15, 0.2) is 5.65 Å². The van der Waals surface area contributed by atoms with Gasteiger partial charge in [-0.15, -0.1) is 0 Å². The molecule has 2 aromatic heterocycles. The van der Waals surface area contributed by atoms with Crippen LogP contribution in [0.15, 0.2) is 41.5 Å². The van der Waals surface area contributed by atoms with Crippen molar-refractivity contribution in [1.29, 1.82) is 0 Å². The average molecular weight is 285 g/mol. The highest BCUT2D eigenvalue weighted by atomic mass is 16.5. The number of hydrogen-bond donors (Lipinski definition) is 2. The summed E-state index contributed by atoms with van der Waals surface area (Å²) in [5, 5.41) is 9.37. The fourth-order valence-corrected chi connectivity index (χ4v) is 1.96. The predicted molar refractivity (Wildman–Crippen MR) is 78.8 cm³/mol. The van der Waals surface area contributed by atoms with E-state index in [0.717, 1.165) is 11.3 Å². The molecule has 0 amide bonds. The van der Waals surface area contributed by atoms with E-state index in [9.17, 15) is 4.79 Å². The van der Waals surface area contributed by atoms with Crippen LogP contribution in [0.3, 0.4) is 0 Å². The number of nitrogens with zero attached hydrogens (tertiary/aromatic N) is 3. The number of H-pyrrole nitrogens is 1. The van der Waals surface area contributed by atoms with E-state index in [1.54, 1.807) is 6.07 Å². The lowest BCUT2D eigenvalue weighted by molar-refractivity contribution is 0.332. The van der Waals surface area contributed by atoms with Crippen LogP contribution in [-0.4, -0.2) is 32.7 Å². The van der Waals surface area contributed by atoms with Crippen LogP contribution in [0.5, 0.6) is 5.75 Å². The summed E-state index contributed by atoms with van der Waals surface area (Å²) in [5.74, 6) is 1.49. The van der Waals surface area contributed by atoms with Gasteiger partial charge in [0.25, 0.3) is 0 Å². The Morgan fingerprint density at radius 3 is 3.14 bits per heavy atom. The number of rotatable bonds is 5. The molecule has 0 bridgehead atoms. The summed E-state index contributed by atoms with van der Waals surface area (Å²) in [7, 11) is 0. The maximum absolute atomic E-state index is 11.3. The van der Waals surface area contributed by atoms with Crippen LogP contribution in [0.1, 0.15) is 5.56 Å². The molecule has 0 unspecified atom stereocenters. The zero-order chi connectivity index (χ0) is 14.7. The predicted octanol–water partition coefficient (Wildman–Crippen LogP) is 1.22. The number of aryl methyl sites for hydroxylation is 1. The minimum absolute atomic E-state index is 0.299. The molecule has 1 aromatic carbocycles. The Labute approximate surface area is 120 Å². The standard InChI is InChI=1S/C14H15N5O2/c1-10-3-2-4-11(7-10)21-6-5-15-12-8-13-17-18-14(20)19(13)9-16-12/h2-4,7-9,15H,5-6H2,1H3,(H,18,20). The molecule has 2 heterocycles. The van der Waals surface area contributed by atoms with Gasteiger partial charge in [0, 0.05) is 6.07 Å². The average Bonchev–Trinajstić information content (AvgIpc) is 2.85. The molecule has 0 fully saturated rings. The van der Waals surface area contributed by atoms with E-state index in [1.807, 2.05) is 31.2 Å². The maximum Gasteiger partial charge on any atom is 0.348 e. The van der Waals surface area contributed by atoms with Crippen molar-refractivity contribution in [2.75, 3.05) is 18.5 Å². The molecule has 3 rings (SSSR count). The van der Waals surface area contributed by atoms with E-state index in [2.05, 4.69) is 20.5 Å². The van der Waals surface area contributed by atoms with Gasteiger partial charge in [-0.1, -0.05) is 12.1 Å². The van der Waals surface area contributed by atoms with Crippen molar-refractivity contribution in [3.8, 4) is 5.75 Å². The molecule has 0 spiro atoms. The number of ether oxygens (including phenoxy) is 1. The third-order valence-corrected chi connectivity index (χ3v) is 2.98. The Balaban J connectivity index is 1.55. The summed E-state index contributed by atoms with van der Waals surface area (Å²) in [6, 6.07) is 9.59.